The van der Waals surface area contributed by atoms with Crippen LogP contribution in [0.1, 0.15) is 43.7 Å². The lowest BCUT2D eigenvalue weighted by molar-refractivity contribution is -0.136. The number of benzene rings is 2. The van der Waals surface area contributed by atoms with Crippen molar-refractivity contribution >= 4 is 29.1 Å². The highest BCUT2D eigenvalue weighted by Gasteiger charge is 2.28. The van der Waals surface area contributed by atoms with Crippen LogP contribution in [0.15, 0.2) is 36.4 Å². The van der Waals surface area contributed by atoms with Crippen LogP contribution in [0.4, 0.5) is 5.69 Å². The summed E-state index contributed by atoms with van der Waals surface area (Å²) < 4.78 is 5.86. The first-order valence-corrected chi connectivity index (χ1v) is 10.9. The number of aromatic hydroxyl groups is 1. The van der Waals surface area contributed by atoms with Gasteiger partial charge in [-0.3, -0.25) is 9.59 Å². The molecule has 1 heterocycles. The highest BCUT2D eigenvalue weighted by Crippen LogP contribution is 2.32. The van der Waals surface area contributed by atoms with E-state index in [0.29, 0.717) is 42.4 Å². The van der Waals surface area contributed by atoms with Crippen LogP contribution in [-0.4, -0.2) is 41.5 Å². The third-order valence-electron chi connectivity index (χ3n) is 5.64. The molecule has 1 fully saturated rings. The second-order valence-electron chi connectivity index (χ2n) is 8.24. The molecule has 31 heavy (non-hydrogen) atoms. The van der Waals surface area contributed by atoms with Crippen molar-refractivity contribution in [2.45, 2.75) is 39.5 Å². The number of rotatable bonds is 6. The maximum atomic E-state index is 12.7. The molecule has 2 aromatic rings. The molecule has 2 amide bonds. The van der Waals surface area contributed by atoms with Crippen LogP contribution in [0, 0.1) is 12.8 Å². The number of nitrogens with one attached hydrogen (secondary N) is 1. The second kappa shape index (κ2) is 10.1. The molecule has 3 rings (SSSR count). The van der Waals surface area contributed by atoms with Crippen molar-refractivity contribution in [2.75, 3.05) is 25.0 Å². The number of nitrogens with zero attached hydrogens (tertiary/aromatic N) is 1. The molecule has 0 radical (unpaired) electrons. The van der Waals surface area contributed by atoms with Crippen LogP contribution < -0.4 is 10.1 Å². The van der Waals surface area contributed by atoms with Gasteiger partial charge in [0.15, 0.2) is 6.61 Å². The molecule has 0 saturated carbocycles. The molecule has 0 unspecified atom stereocenters. The van der Waals surface area contributed by atoms with Crippen molar-refractivity contribution in [3.05, 3.63) is 52.5 Å². The number of hydrogen-bond donors (Lipinski definition) is 2. The first-order chi connectivity index (χ1) is 14.8. The van der Waals surface area contributed by atoms with Crippen molar-refractivity contribution in [1.82, 2.24) is 4.90 Å². The fourth-order valence-corrected chi connectivity index (χ4v) is 3.85. The Morgan fingerprint density at radius 2 is 1.90 bits per heavy atom. The minimum atomic E-state index is -0.198. The number of likely N-dealkylation sites (tertiary alicyclic amines) is 1. The van der Waals surface area contributed by atoms with E-state index in [4.69, 9.17) is 16.3 Å². The van der Waals surface area contributed by atoms with Crippen LogP contribution in [0.25, 0.3) is 0 Å². The summed E-state index contributed by atoms with van der Waals surface area (Å²) in [6, 6.07) is 10.4. The van der Waals surface area contributed by atoms with Gasteiger partial charge in [0.1, 0.15) is 11.5 Å². The number of piperidine rings is 1. The number of ether oxygens (including phenoxy) is 1. The molecule has 0 atom stereocenters. The van der Waals surface area contributed by atoms with E-state index < -0.39 is 0 Å². The van der Waals surface area contributed by atoms with Crippen molar-refractivity contribution in [1.29, 1.82) is 0 Å². The first-order valence-electron chi connectivity index (χ1n) is 10.6. The fraction of sp³-hybridized carbons (Fsp3) is 0.417. The molecule has 0 bridgehead atoms. The smallest absolute Gasteiger partial charge is 0.260 e. The Labute approximate surface area is 188 Å². The van der Waals surface area contributed by atoms with Crippen LogP contribution in [-0.2, 0) is 9.59 Å². The Hall–Kier alpha value is -2.73. The molecule has 2 N–H and O–H groups in total. The first kappa shape index (κ1) is 22.9. The maximum Gasteiger partial charge on any atom is 0.260 e. The number of aryl methyl sites for hydroxylation is 1. The number of halogens is 1. The summed E-state index contributed by atoms with van der Waals surface area (Å²) in [6.07, 6.45) is 1.14. The lowest BCUT2D eigenvalue weighted by Gasteiger charge is -2.31. The van der Waals surface area contributed by atoms with Gasteiger partial charge in [0.2, 0.25) is 5.91 Å². The summed E-state index contributed by atoms with van der Waals surface area (Å²) in [5.41, 5.74) is 2.28. The molecule has 0 aliphatic carbocycles. The average molecular weight is 445 g/mol. The highest BCUT2D eigenvalue weighted by molar-refractivity contribution is 6.31. The summed E-state index contributed by atoms with van der Waals surface area (Å²) in [6.45, 7) is 6.97. The van der Waals surface area contributed by atoms with Gasteiger partial charge in [0.25, 0.3) is 5.91 Å². The molecule has 2 aromatic carbocycles. The van der Waals surface area contributed by atoms with Gasteiger partial charge >= 0.3 is 0 Å². The van der Waals surface area contributed by atoms with Crippen LogP contribution >= 0.6 is 11.6 Å². The number of para-hydroxylation sites is 2. The summed E-state index contributed by atoms with van der Waals surface area (Å²) in [7, 11) is 0. The van der Waals surface area contributed by atoms with Crippen molar-refractivity contribution in [3.8, 4) is 11.5 Å². The van der Waals surface area contributed by atoms with Gasteiger partial charge in [0, 0.05) is 24.0 Å². The van der Waals surface area contributed by atoms with E-state index in [9.17, 15) is 14.7 Å². The molecular weight excluding hydrogens is 416 g/mol. The highest BCUT2D eigenvalue weighted by atomic mass is 35.5. The molecular formula is C24H29ClN2O4. The number of hydrogen-bond acceptors (Lipinski definition) is 4. The van der Waals surface area contributed by atoms with E-state index >= 15 is 0 Å². The zero-order valence-electron chi connectivity index (χ0n) is 18.2. The molecule has 1 aliphatic heterocycles. The third kappa shape index (κ3) is 5.70. The summed E-state index contributed by atoms with van der Waals surface area (Å²) in [4.78, 5) is 26.9. The van der Waals surface area contributed by atoms with Gasteiger partial charge in [-0.1, -0.05) is 37.6 Å². The Morgan fingerprint density at radius 3 is 2.55 bits per heavy atom. The molecule has 0 spiro atoms. The third-order valence-corrected chi connectivity index (χ3v) is 6.05. The summed E-state index contributed by atoms with van der Waals surface area (Å²) in [5, 5.41) is 13.3. The van der Waals surface area contributed by atoms with E-state index in [1.54, 1.807) is 23.1 Å². The van der Waals surface area contributed by atoms with Gasteiger partial charge in [-0.05, 0) is 61.1 Å². The van der Waals surface area contributed by atoms with E-state index in [2.05, 4.69) is 19.2 Å². The molecule has 7 heteroatoms. The predicted octanol–water partition coefficient (Wildman–Crippen LogP) is 4.73. The fourth-order valence-electron chi connectivity index (χ4n) is 3.68. The monoisotopic (exact) mass is 444 g/mol. The molecule has 6 nitrogen and oxygen atoms in total. The Morgan fingerprint density at radius 1 is 1.23 bits per heavy atom. The van der Waals surface area contributed by atoms with Gasteiger partial charge in [0.05, 0.1) is 5.69 Å². The van der Waals surface area contributed by atoms with E-state index in [-0.39, 0.29) is 36.0 Å². The van der Waals surface area contributed by atoms with Crippen LogP contribution in [0.3, 0.4) is 0 Å². The van der Waals surface area contributed by atoms with Crippen molar-refractivity contribution < 1.29 is 19.4 Å². The van der Waals surface area contributed by atoms with Gasteiger partial charge in [-0.15, -0.1) is 0 Å². The van der Waals surface area contributed by atoms with E-state index in [0.717, 1.165) is 11.1 Å². The zero-order chi connectivity index (χ0) is 22.5. The topological polar surface area (TPSA) is 78.9 Å². The minimum Gasteiger partial charge on any atom is -0.506 e. The van der Waals surface area contributed by atoms with Gasteiger partial charge < -0.3 is 20.1 Å². The number of carbonyl (C=O) groups excluding carboxylic acids is 2. The Balaban J connectivity index is 1.52. The van der Waals surface area contributed by atoms with Crippen LogP contribution in [0.5, 0.6) is 11.5 Å². The summed E-state index contributed by atoms with van der Waals surface area (Å²) >= 11 is 6.24. The number of phenols is 1. The lowest BCUT2D eigenvalue weighted by Crippen LogP contribution is -2.43. The molecule has 166 valence electrons. The number of carbonyl (C=O) groups is 2. The number of amides is 2. The maximum absolute atomic E-state index is 12.7. The SMILES string of the molecule is Cc1cc(OCC(=O)N2CCC(C(=O)Nc3ccccc3O)CC2)c(C(C)C)cc1Cl. The number of anilines is 1. The predicted molar refractivity (Wildman–Crippen MR) is 122 cm³/mol. The minimum absolute atomic E-state index is 0.0406. The zero-order valence-corrected chi connectivity index (χ0v) is 18.9. The van der Waals surface area contributed by atoms with Crippen molar-refractivity contribution in [2.24, 2.45) is 5.92 Å². The van der Waals surface area contributed by atoms with Gasteiger partial charge in [-0.25, -0.2) is 0 Å². The normalized spacial score (nSPS) is 14.5. The summed E-state index contributed by atoms with van der Waals surface area (Å²) in [5.74, 6) is 0.517. The van der Waals surface area contributed by atoms with E-state index in [1.807, 2.05) is 19.1 Å². The largest absolute Gasteiger partial charge is 0.506 e. The lowest BCUT2D eigenvalue weighted by atomic mass is 9.95. The van der Waals surface area contributed by atoms with E-state index in [1.165, 1.54) is 6.07 Å². The average Bonchev–Trinajstić information content (AvgIpc) is 2.75. The number of phenolic OH excluding ortho intramolecular Hbond substituents is 1. The van der Waals surface area contributed by atoms with Crippen molar-refractivity contribution in [3.63, 3.8) is 0 Å². The Kier molecular flexibility index (Phi) is 7.44. The standard InChI is InChI=1S/C24H29ClN2O4/c1-15(2)18-13-19(25)16(3)12-22(18)31-14-23(29)27-10-8-17(9-11-27)24(30)26-20-6-4-5-7-21(20)28/h4-7,12-13,15,17,28H,8-11,14H2,1-3H3,(H,26,30). The van der Waals surface area contributed by atoms with Gasteiger partial charge in [-0.2, -0.15) is 0 Å². The molecule has 1 aliphatic rings. The Bertz CT molecular complexity index is 953. The molecule has 1 saturated heterocycles. The molecule has 0 aromatic heterocycles. The second-order valence-corrected chi connectivity index (χ2v) is 8.65. The van der Waals surface area contributed by atoms with Crippen LogP contribution in [0.2, 0.25) is 5.02 Å². The quantitative estimate of drug-likeness (QED) is 0.631.